The molecule has 7 heteroatoms. The van der Waals surface area contributed by atoms with E-state index in [0.717, 1.165) is 6.54 Å². The number of ether oxygens (including phenoxy) is 1. The molecule has 2 aliphatic carbocycles. The van der Waals surface area contributed by atoms with Crippen molar-refractivity contribution < 1.29 is 17.9 Å². The van der Waals surface area contributed by atoms with E-state index in [1.807, 2.05) is 0 Å². The first-order valence-corrected chi connectivity index (χ1v) is 8.34. The van der Waals surface area contributed by atoms with Crippen LogP contribution in [0.4, 0.5) is 18.9 Å². The zero-order chi connectivity index (χ0) is 16.9. The number of nitrogens with two attached hydrogens (primary N) is 1. The predicted octanol–water partition coefficient (Wildman–Crippen LogP) is 3.23. The third-order valence-corrected chi connectivity index (χ3v) is 5.41. The molecule has 0 spiro atoms. The maximum absolute atomic E-state index is 14.4. The number of rotatable bonds is 5. The Hall–Kier alpha value is -1.92. The van der Waals surface area contributed by atoms with Crippen molar-refractivity contribution in [3.05, 3.63) is 29.6 Å². The van der Waals surface area contributed by atoms with Gasteiger partial charge < -0.3 is 15.8 Å². The number of aliphatic imine (C=N–C) groups is 1. The zero-order valence-corrected chi connectivity index (χ0v) is 13.1. The van der Waals surface area contributed by atoms with Crippen molar-refractivity contribution in [2.24, 2.45) is 22.6 Å². The van der Waals surface area contributed by atoms with Crippen LogP contribution in [0.15, 0.2) is 23.2 Å². The first kappa shape index (κ1) is 15.6. The Morgan fingerprint density at radius 2 is 2.17 bits per heavy atom. The molecule has 4 rings (SSSR count). The van der Waals surface area contributed by atoms with Crippen molar-refractivity contribution in [3.63, 3.8) is 0 Å². The molecule has 4 nitrogen and oxygen atoms in total. The van der Waals surface area contributed by atoms with Crippen LogP contribution in [0.3, 0.4) is 0 Å². The molecule has 2 fully saturated rings. The number of nitrogens with zero attached hydrogens (tertiary/aromatic N) is 1. The van der Waals surface area contributed by atoms with Crippen LogP contribution in [0.25, 0.3) is 0 Å². The van der Waals surface area contributed by atoms with Gasteiger partial charge in [0.05, 0.1) is 0 Å². The molecule has 0 aromatic heterocycles. The maximum atomic E-state index is 14.4. The molecule has 1 aliphatic heterocycles. The maximum Gasteiger partial charge on any atom is 0.283 e. The Morgan fingerprint density at radius 1 is 1.38 bits per heavy atom. The molecule has 0 bridgehead atoms. The van der Waals surface area contributed by atoms with Gasteiger partial charge in [0.15, 0.2) is 5.54 Å². The number of halogens is 3. The second-order valence-corrected chi connectivity index (χ2v) is 6.95. The molecule has 130 valence electrons. The average Bonchev–Trinajstić information content (AvgIpc) is 3.25. The van der Waals surface area contributed by atoms with E-state index in [9.17, 15) is 13.2 Å². The van der Waals surface area contributed by atoms with E-state index in [2.05, 4.69) is 10.3 Å². The predicted molar refractivity (Wildman–Crippen MR) is 84.5 cm³/mol. The summed E-state index contributed by atoms with van der Waals surface area (Å²) in [5.74, 6) is -0.623. The molecule has 0 unspecified atom stereocenters. The molecule has 0 saturated heterocycles. The lowest BCUT2D eigenvalue weighted by molar-refractivity contribution is 0.0177. The molecular weight excluding hydrogens is 319 g/mol. The minimum atomic E-state index is -2.86. The zero-order valence-electron chi connectivity index (χ0n) is 13.1. The molecular formula is C17H20F3N3O. The smallest absolute Gasteiger partial charge is 0.283 e. The molecule has 2 saturated carbocycles. The lowest BCUT2D eigenvalue weighted by Gasteiger charge is -2.33. The number of hydrogen-bond acceptors (Lipinski definition) is 4. The van der Waals surface area contributed by atoms with Gasteiger partial charge in [0.25, 0.3) is 12.4 Å². The van der Waals surface area contributed by atoms with Crippen LogP contribution in [0.1, 0.15) is 31.2 Å². The van der Waals surface area contributed by atoms with Gasteiger partial charge in [-0.3, -0.25) is 0 Å². The monoisotopic (exact) mass is 339 g/mol. The first-order valence-electron chi connectivity index (χ1n) is 8.34. The highest BCUT2D eigenvalue weighted by Gasteiger charge is 2.64. The van der Waals surface area contributed by atoms with Crippen LogP contribution in [0, 0.1) is 17.7 Å². The van der Waals surface area contributed by atoms with E-state index in [1.165, 1.54) is 31.4 Å². The van der Waals surface area contributed by atoms with Crippen molar-refractivity contribution in [3.8, 4) is 0 Å². The van der Waals surface area contributed by atoms with Gasteiger partial charge in [-0.2, -0.15) is 0 Å². The summed E-state index contributed by atoms with van der Waals surface area (Å²) in [5, 5.41) is 3.23. The summed E-state index contributed by atoms with van der Waals surface area (Å²) >= 11 is 0. The van der Waals surface area contributed by atoms with Gasteiger partial charge >= 0.3 is 0 Å². The molecule has 0 amide bonds. The standard InChI is InChI=1S/C17H20F3N3O/c18-13-5-4-10(22-8-9-2-1-3-9)6-11(13)17(15(19)20)12-7-14(12)24-16(21)23-17/h4-6,9,12,14-15,22H,1-3,7-8H2,(H2,21,23)/t12-,14+,17+/m0/s1. The van der Waals surface area contributed by atoms with Crippen LogP contribution in [-0.4, -0.2) is 25.1 Å². The summed E-state index contributed by atoms with van der Waals surface area (Å²) in [6.45, 7) is 0.771. The van der Waals surface area contributed by atoms with Crippen molar-refractivity contribution in [1.29, 1.82) is 0 Å². The highest BCUT2D eigenvalue weighted by Crippen LogP contribution is 2.56. The molecule has 1 aromatic rings. The van der Waals surface area contributed by atoms with Gasteiger partial charge in [0, 0.05) is 23.7 Å². The fraction of sp³-hybridized carbons (Fsp3) is 0.588. The first-order chi connectivity index (χ1) is 11.5. The number of hydrogen-bond donors (Lipinski definition) is 2. The molecule has 3 N–H and O–H groups in total. The largest absolute Gasteiger partial charge is 0.462 e. The normalized spacial score (nSPS) is 31.8. The summed E-state index contributed by atoms with van der Waals surface area (Å²) in [4.78, 5) is 3.89. The molecule has 3 aliphatic rings. The quantitative estimate of drug-likeness (QED) is 0.866. The van der Waals surface area contributed by atoms with Crippen LogP contribution >= 0.6 is 0 Å². The Kier molecular flexibility index (Phi) is 3.62. The van der Waals surface area contributed by atoms with Crippen molar-refractivity contribution >= 4 is 11.7 Å². The van der Waals surface area contributed by atoms with Gasteiger partial charge in [0.1, 0.15) is 11.9 Å². The van der Waals surface area contributed by atoms with E-state index in [1.54, 1.807) is 6.07 Å². The second kappa shape index (κ2) is 5.57. The Balaban J connectivity index is 1.68. The fourth-order valence-electron chi connectivity index (χ4n) is 3.70. The van der Waals surface area contributed by atoms with Gasteiger partial charge in [0.2, 0.25) is 0 Å². The third-order valence-electron chi connectivity index (χ3n) is 5.41. The summed E-state index contributed by atoms with van der Waals surface area (Å²) < 4.78 is 47.6. The average molecular weight is 339 g/mol. The Labute approximate surface area is 138 Å². The fourth-order valence-corrected chi connectivity index (χ4v) is 3.70. The van der Waals surface area contributed by atoms with Gasteiger partial charge in [-0.05, 0) is 43.4 Å². The van der Waals surface area contributed by atoms with Gasteiger partial charge in [-0.15, -0.1) is 0 Å². The van der Waals surface area contributed by atoms with Crippen LogP contribution < -0.4 is 11.1 Å². The molecule has 3 atom stereocenters. The topological polar surface area (TPSA) is 59.6 Å². The van der Waals surface area contributed by atoms with Crippen molar-refractivity contribution in [1.82, 2.24) is 0 Å². The summed E-state index contributed by atoms with van der Waals surface area (Å²) in [6, 6.07) is 3.97. The van der Waals surface area contributed by atoms with E-state index in [4.69, 9.17) is 10.5 Å². The second-order valence-electron chi connectivity index (χ2n) is 6.95. The van der Waals surface area contributed by atoms with Crippen LogP contribution in [0.2, 0.25) is 0 Å². The van der Waals surface area contributed by atoms with E-state index < -0.39 is 29.8 Å². The lowest BCUT2D eigenvalue weighted by atomic mass is 9.84. The Morgan fingerprint density at radius 3 is 2.83 bits per heavy atom. The number of nitrogens with one attached hydrogen (secondary N) is 1. The summed E-state index contributed by atoms with van der Waals surface area (Å²) in [7, 11) is 0. The molecule has 24 heavy (non-hydrogen) atoms. The lowest BCUT2D eigenvalue weighted by Crippen LogP contribution is -2.43. The number of amidine groups is 1. The summed E-state index contributed by atoms with van der Waals surface area (Å²) in [5.41, 5.74) is 4.15. The van der Waals surface area contributed by atoms with E-state index in [0.29, 0.717) is 18.0 Å². The Bertz CT molecular complexity index is 677. The van der Waals surface area contributed by atoms with Crippen molar-refractivity contribution in [2.75, 3.05) is 11.9 Å². The number of benzene rings is 1. The SMILES string of the molecule is NC1=N[C@@](c2cc(NCC3CCC3)ccc2F)(C(F)F)[C@H]2C[C@H]2O1. The van der Waals surface area contributed by atoms with E-state index in [-0.39, 0.29) is 11.6 Å². The highest BCUT2D eigenvalue weighted by atomic mass is 19.3. The third kappa shape index (κ3) is 2.41. The summed E-state index contributed by atoms with van der Waals surface area (Å²) in [6.07, 6.45) is 0.725. The molecule has 1 aromatic carbocycles. The van der Waals surface area contributed by atoms with Gasteiger partial charge in [-0.1, -0.05) is 6.42 Å². The number of anilines is 1. The van der Waals surface area contributed by atoms with Crippen molar-refractivity contribution in [2.45, 2.75) is 43.8 Å². The van der Waals surface area contributed by atoms with Gasteiger partial charge in [-0.25, -0.2) is 18.2 Å². The van der Waals surface area contributed by atoms with Crippen LogP contribution in [-0.2, 0) is 10.3 Å². The van der Waals surface area contributed by atoms with Crippen LogP contribution in [0.5, 0.6) is 0 Å². The van der Waals surface area contributed by atoms with E-state index >= 15 is 0 Å². The molecule has 1 heterocycles. The highest BCUT2D eigenvalue weighted by molar-refractivity contribution is 5.74. The molecule has 0 radical (unpaired) electrons. The number of fused-ring (bicyclic) bond motifs is 1. The minimum absolute atomic E-state index is 0.102. The number of alkyl halides is 2. The minimum Gasteiger partial charge on any atom is -0.462 e.